The largest absolute Gasteiger partial charge is 0.356 e. The third-order valence-corrected chi connectivity index (χ3v) is 6.10. The Morgan fingerprint density at radius 1 is 1.26 bits per heavy atom. The molecular weight excluding hydrogens is 340 g/mol. The van der Waals surface area contributed by atoms with E-state index in [1.807, 2.05) is 6.20 Å². The molecule has 0 radical (unpaired) electrons. The zero-order valence-electron chi connectivity index (χ0n) is 15.6. The van der Waals surface area contributed by atoms with Crippen molar-refractivity contribution in [2.24, 2.45) is 0 Å². The first-order valence-corrected chi connectivity index (χ1v) is 9.86. The molecule has 27 heavy (non-hydrogen) atoms. The number of aromatic amines is 1. The maximum atomic E-state index is 12.0. The number of aryl methyl sites for hydroxylation is 1. The second kappa shape index (κ2) is 6.60. The summed E-state index contributed by atoms with van der Waals surface area (Å²) in [4.78, 5) is 19.2. The monoisotopic (exact) mass is 364 g/mol. The number of rotatable bonds is 2. The van der Waals surface area contributed by atoms with Gasteiger partial charge in [0.2, 0.25) is 0 Å². The molecule has 1 aliphatic heterocycles. The number of benzene rings is 1. The number of hydrogen-bond donors (Lipinski definition) is 1. The van der Waals surface area contributed by atoms with Crippen LogP contribution in [0.2, 0.25) is 0 Å². The topological polar surface area (TPSA) is 72.8 Å². The molecule has 1 aliphatic carbocycles. The third-order valence-electron chi connectivity index (χ3n) is 6.10. The van der Waals surface area contributed by atoms with Gasteiger partial charge in [-0.3, -0.25) is 4.79 Å². The van der Waals surface area contributed by atoms with Gasteiger partial charge in [-0.25, -0.2) is 9.67 Å². The van der Waals surface area contributed by atoms with Crippen LogP contribution in [-0.4, -0.2) is 26.4 Å². The minimum absolute atomic E-state index is 0.00986. The van der Waals surface area contributed by atoms with Gasteiger partial charge in [-0.05, 0) is 68.6 Å². The van der Waals surface area contributed by atoms with E-state index < -0.39 is 0 Å². The van der Waals surface area contributed by atoms with E-state index in [2.05, 4.69) is 33.7 Å². The Hall–Kier alpha value is -2.47. The highest BCUT2D eigenvalue weighted by Crippen LogP contribution is 2.37. The van der Waals surface area contributed by atoms with E-state index >= 15 is 0 Å². The Kier molecular flexibility index (Phi) is 4.08. The van der Waals surface area contributed by atoms with E-state index in [1.165, 1.54) is 29.3 Å². The van der Waals surface area contributed by atoms with Gasteiger partial charge in [0, 0.05) is 17.6 Å². The van der Waals surface area contributed by atoms with Gasteiger partial charge >= 0.3 is 0 Å². The van der Waals surface area contributed by atoms with Crippen molar-refractivity contribution in [1.29, 1.82) is 0 Å². The van der Waals surface area contributed by atoms with Crippen LogP contribution in [0.5, 0.6) is 0 Å². The van der Waals surface area contributed by atoms with E-state index in [1.54, 1.807) is 0 Å². The van der Waals surface area contributed by atoms with Crippen molar-refractivity contribution in [1.82, 2.24) is 19.7 Å². The molecule has 2 aromatic heterocycles. The van der Waals surface area contributed by atoms with Crippen LogP contribution in [0.25, 0.3) is 10.9 Å². The summed E-state index contributed by atoms with van der Waals surface area (Å²) in [6, 6.07) is 4.36. The minimum atomic E-state index is 0.00986. The van der Waals surface area contributed by atoms with E-state index in [9.17, 15) is 4.79 Å². The maximum absolute atomic E-state index is 12.0. The van der Waals surface area contributed by atoms with Crippen LogP contribution in [-0.2, 0) is 17.6 Å². The number of H-pyrrole nitrogens is 1. The first kappa shape index (κ1) is 16.7. The van der Waals surface area contributed by atoms with Crippen LogP contribution in [0.3, 0.4) is 0 Å². The highest BCUT2D eigenvalue weighted by molar-refractivity contribution is 5.84. The lowest BCUT2D eigenvalue weighted by Gasteiger charge is -2.26. The first-order valence-electron chi connectivity index (χ1n) is 9.86. The third kappa shape index (κ3) is 2.79. The quantitative estimate of drug-likeness (QED) is 0.756. The van der Waals surface area contributed by atoms with Gasteiger partial charge in [0.25, 0.3) is 5.56 Å². The second-order valence-electron chi connectivity index (χ2n) is 7.74. The molecule has 1 saturated heterocycles. The van der Waals surface area contributed by atoms with E-state index in [-0.39, 0.29) is 11.8 Å². The summed E-state index contributed by atoms with van der Waals surface area (Å²) in [5.41, 5.74) is 5.58. The molecule has 2 unspecified atom stereocenters. The molecule has 0 saturated carbocycles. The first-order chi connectivity index (χ1) is 13.2. The fraction of sp³-hybridized carbons (Fsp3) is 0.476. The molecule has 6 heteroatoms. The van der Waals surface area contributed by atoms with Crippen LogP contribution in [0.4, 0.5) is 0 Å². The predicted octanol–water partition coefficient (Wildman–Crippen LogP) is 3.40. The molecule has 3 aromatic rings. The summed E-state index contributed by atoms with van der Waals surface area (Å²) in [5.74, 6) is 0.362. The van der Waals surface area contributed by atoms with Crippen LogP contribution < -0.4 is 5.56 Å². The molecule has 3 heterocycles. The van der Waals surface area contributed by atoms with Crippen molar-refractivity contribution in [2.45, 2.75) is 57.6 Å². The molecule has 6 nitrogen and oxygen atoms in total. The Morgan fingerprint density at radius 3 is 3.04 bits per heavy atom. The standard InChI is InChI=1S/C21H24N4O2/c1-13-5-8-18-16(11-24-25(18)19-4-2-3-9-27-19)20(13)14-6-7-15-17(10-14)22-12-23-21(15)26/h5,8,11-12,14,19H,2-4,6-7,9-10H2,1H3,(H,22,23,26). The second-order valence-corrected chi connectivity index (χ2v) is 7.74. The number of fused-ring (bicyclic) bond motifs is 2. The van der Waals surface area contributed by atoms with Crippen molar-refractivity contribution < 1.29 is 4.74 Å². The lowest BCUT2D eigenvalue weighted by atomic mass is 9.80. The molecule has 1 fully saturated rings. The molecule has 2 aliphatic rings. The predicted molar refractivity (Wildman–Crippen MR) is 103 cm³/mol. The summed E-state index contributed by atoms with van der Waals surface area (Å²) in [6.45, 7) is 2.98. The van der Waals surface area contributed by atoms with Crippen molar-refractivity contribution in [3.05, 3.63) is 57.4 Å². The molecule has 5 rings (SSSR count). The van der Waals surface area contributed by atoms with Crippen molar-refractivity contribution in [3.63, 3.8) is 0 Å². The highest BCUT2D eigenvalue weighted by atomic mass is 16.5. The fourth-order valence-corrected chi connectivity index (χ4v) is 4.74. The van der Waals surface area contributed by atoms with Crippen molar-refractivity contribution >= 4 is 10.9 Å². The zero-order valence-corrected chi connectivity index (χ0v) is 15.6. The van der Waals surface area contributed by atoms with Gasteiger partial charge in [-0.15, -0.1) is 0 Å². The lowest BCUT2D eigenvalue weighted by molar-refractivity contribution is -0.0366. The number of ether oxygens (including phenoxy) is 1. The van der Waals surface area contributed by atoms with Crippen molar-refractivity contribution in [2.75, 3.05) is 6.61 Å². The van der Waals surface area contributed by atoms with Gasteiger partial charge in [0.1, 0.15) is 0 Å². The number of nitrogens with zero attached hydrogens (tertiary/aromatic N) is 3. The highest BCUT2D eigenvalue weighted by Gasteiger charge is 2.27. The van der Waals surface area contributed by atoms with Crippen LogP contribution in [0.1, 0.15) is 60.2 Å². The van der Waals surface area contributed by atoms with E-state index in [0.717, 1.165) is 55.5 Å². The molecule has 0 spiro atoms. The fourth-order valence-electron chi connectivity index (χ4n) is 4.74. The summed E-state index contributed by atoms with van der Waals surface area (Å²) >= 11 is 0. The summed E-state index contributed by atoms with van der Waals surface area (Å²) in [7, 11) is 0. The Morgan fingerprint density at radius 2 is 2.19 bits per heavy atom. The number of hydrogen-bond acceptors (Lipinski definition) is 4. The Balaban J connectivity index is 1.56. The summed E-state index contributed by atoms with van der Waals surface area (Å²) in [5, 5.41) is 5.91. The molecule has 2 atom stereocenters. The van der Waals surface area contributed by atoms with Crippen LogP contribution >= 0.6 is 0 Å². The molecule has 1 N–H and O–H groups in total. The van der Waals surface area contributed by atoms with Gasteiger partial charge < -0.3 is 9.72 Å². The van der Waals surface area contributed by atoms with Crippen molar-refractivity contribution in [3.8, 4) is 0 Å². The molecule has 0 amide bonds. The molecule has 140 valence electrons. The van der Waals surface area contributed by atoms with Gasteiger partial charge in [-0.1, -0.05) is 6.07 Å². The summed E-state index contributed by atoms with van der Waals surface area (Å²) in [6.07, 6.45) is 9.45. The Bertz CT molecular complexity index is 1050. The van der Waals surface area contributed by atoms with Crippen LogP contribution in [0, 0.1) is 6.92 Å². The van der Waals surface area contributed by atoms with Crippen LogP contribution in [0.15, 0.2) is 29.5 Å². The molecule has 0 bridgehead atoms. The summed E-state index contributed by atoms with van der Waals surface area (Å²) < 4.78 is 8.01. The smallest absolute Gasteiger partial charge is 0.254 e. The SMILES string of the molecule is Cc1ccc2c(cnn2C2CCCCO2)c1C1CCc2c(nc[nH]c2=O)C1. The minimum Gasteiger partial charge on any atom is -0.356 e. The Labute approximate surface area is 157 Å². The van der Waals surface area contributed by atoms with E-state index in [4.69, 9.17) is 9.84 Å². The van der Waals surface area contributed by atoms with Gasteiger partial charge in [0.15, 0.2) is 6.23 Å². The van der Waals surface area contributed by atoms with Gasteiger partial charge in [0.05, 0.1) is 23.7 Å². The zero-order chi connectivity index (χ0) is 18.4. The number of nitrogens with one attached hydrogen (secondary N) is 1. The average Bonchev–Trinajstić information content (AvgIpc) is 3.12. The average molecular weight is 364 g/mol. The number of aromatic nitrogens is 4. The molecular formula is C21H24N4O2. The van der Waals surface area contributed by atoms with E-state index in [0.29, 0.717) is 5.92 Å². The van der Waals surface area contributed by atoms with Gasteiger partial charge in [-0.2, -0.15) is 5.10 Å². The lowest BCUT2D eigenvalue weighted by Crippen LogP contribution is -2.24. The molecule has 1 aromatic carbocycles. The normalized spacial score (nSPS) is 22.7. The maximum Gasteiger partial charge on any atom is 0.254 e.